The first-order valence-corrected chi connectivity index (χ1v) is 6.15. The number of nitrogens with one attached hydrogen (secondary N) is 2. The van der Waals surface area contributed by atoms with Crippen molar-refractivity contribution in [3.63, 3.8) is 0 Å². The highest BCUT2D eigenvalue weighted by Gasteiger charge is 2.32. The van der Waals surface area contributed by atoms with E-state index in [1.54, 1.807) is 20.8 Å². The zero-order valence-corrected chi connectivity index (χ0v) is 12.0. The van der Waals surface area contributed by atoms with Crippen molar-refractivity contribution in [2.24, 2.45) is 5.41 Å². The number of carboxylic acid groups (broad SMARTS) is 1. The monoisotopic (exact) mass is 267 g/mol. The molecule has 0 aliphatic rings. The van der Waals surface area contributed by atoms with Gasteiger partial charge >= 0.3 is 5.97 Å². The Morgan fingerprint density at radius 3 is 2.32 bits per heavy atom. The summed E-state index contributed by atoms with van der Waals surface area (Å²) in [4.78, 5) is 23.1. The van der Waals surface area contributed by atoms with Crippen molar-refractivity contribution < 1.29 is 14.7 Å². The molecule has 0 aromatic carbocycles. The van der Waals surface area contributed by atoms with Crippen LogP contribution in [0.3, 0.4) is 0 Å². The van der Waals surface area contributed by atoms with Gasteiger partial charge in [0, 0.05) is 11.3 Å². The maximum absolute atomic E-state index is 12.0. The highest BCUT2D eigenvalue weighted by Crippen LogP contribution is 2.20. The van der Waals surface area contributed by atoms with Gasteiger partial charge < -0.3 is 10.4 Å². The van der Waals surface area contributed by atoms with Crippen LogP contribution in [0.15, 0.2) is 0 Å². The average molecular weight is 267 g/mol. The zero-order valence-electron chi connectivity index (χ0n) is 12.0. The van der Waals surface area contributed by atoms with Crippen LogP contribution in [-0.4, -0.2) is 33.2 Å². The Morgan fingerprint density at radius 1 is 1.37 bits per heavy atom. The minimum atomic E-state index is -1.03. The molecule has 0 aliphatic carbocycles. The van der Waals surface area contributed by atoms with E-state index in [-0.39, 0.29) is 12.3 Å². The van der Waals surface area contributed by atoms with Gasteiger partial charge in [-0.3, -0.25) is 9.89 Å². The molecule has 1 atom stereocenters. The van der Waals surface area contributed by atoms with E-state index in [1.807, 2.05) is 13.8 Å². The van der Waals surface area contributed by atoms with Gasteiger partial charge in [-0.05, 0) is 19.3 Å². The molecule has 3 N–H and O–H groups in total. The number of carbonyl (C=O) groups is 2. The smallest absolute Gasteiger partial charge is 0.326 e. The Bertz CT molecular complexity index is 466. The van der Waals surface area contributed by atoms with Gasteiger partial charge in [-0.15, -0.1) is 0 Å². The third-order valence-electron chi connectivity index (χ3n) is 3.04. The second-order valence-corrected chi connectivity index (χ2v) is 5.79. The summed E-state index contributed by atoms with van der Waals surface area (Å²) >= 11 is 0. The van der Waals surface area contributed by atoms with E-state index in [0.717, 1.165) is 17.0 Å². The van der Waals surface area contributed by atoms with Crippen LogP contribution in [0.25, 0.3) is 0 Å². The van der Waals surface area contributed by atoms with Crippen molar-refractivity contribution in [3.05, 3.63) is 17.0 Å². The molecule has 1 amide bonds. The number of aromatic nitrogens is 2. The van der Waals surface area contributed by atoms with Gasteiger partial charge in [-0.25, -0.2) is 4.79 Å². The number of H-pyrrole nitrogens is 1. The van der Waals surface area contributed by atoms with E-state index in [9.17, 15) is 9.59 Å². The van der Waals surface area contributed by atoms with E-state index >= 15 is 0 Å². The molecule has 6 nitrogen and oxygen atoms in total. The number of aliphatic carboxylic acids is 1. The van der Waals surface area contributed by atoms with Crippen molar-refractivity contribution in [2.45, 2.75) is 47.1 Å². The molecular weight excluding hydrogens is 246 g/mol. The van der Waals surface area contributed by atoms with Crippen LogP contribution in [0.5, 0.6) is 0 Å². The number of hydrogen-bond donors (Lipinski definition) is 3. The van der Waals surface area contributed by atoms with Crippen molar-refractivity contribution in [3.8, 4) is 0 Å². The van der Waals surface area contributed by atoms with Crippen molar-refractivity contribution in [1.82, 2.24) is 15.5 Å². The maximum Gasteiger partial charge on any atom is 0.326 e. The molecule has 1 aromatic heterocycles. The second kappa shape index (κ2) is 5.42. The minimum absolute atomic E-state index is 0.133. The van der Waals surface area contributed by atoms with Crippen molar-refractivity contribution in [1.29, 1.82) is 0 Å². The van der Waals surface area contributed by atoms with E-state index in [1.165, 1.54) is 0 Å². The number of nitrogens with zero attached hydrogens (tertiary/aromatic N) is 1. The van der Waals surface area contributed by atoms with Crippen LogP contribution in [0.4, 0.5) is 0 Å². The second-order valence-electron chi connectivity index (χ2n) is 5.79. The van der Waals surface area contributed by atoms with Crippen LogP contribution in [0.2, 0.25) is 0 Å². The van der Waals surface area contributed by atoms with Gasteiger partial charge in [-0.1, -0.05) is 20.8 Å². The van der Waals surface area contributed by atoms with Crippen molar-refractivity contribution in [2.75, 3.05) is 0 Å². The first-order valence-electron chi connectivity index (χ1n) is 6.15. The van der Waals surface area contributed by atoms with Gasteiger partial charge in [0.25, 0.3) is 0 Å². The number of rotatable bonds is 4. The number of amides is 1. The van der Waals surface area contributed by atoms with Gasteiger partial charge in [0.1, 0.15) is 6.04 Å². The number of carboxylic acids is 1. The molecule has 0 spiro atoms. The number of aromatic amines is 1. The van der Waals surface area contributed by atoms with E-state index in [4.69, 9.17) is 5.11 Å². The lowest BCUT2D eigenvalue weighted by Crippen LogP contribution is -2.49. The quantitative estimate of drug-likeness (QED) is 0.763. The normalized spacial score (nSPS) is 13.1. The van der Waals surface area contributed by atoms with E-state index < -0.39 is 17.4 Å². The van der Waals surface area contributed by atoms with Gasteiger partial charge in [0.2, 0.25) is 5.91 Å². The molecule has 1 aromatic rings. The first kappa shape index (κ1) is 15.2. The molecule has 1 unspecified atom stereocenters. The summed E-state index contributed by atoms with van der Waals surface area (Å²) in [5.41, 5.74) is 1.86. The average Bonchev–Trinajstić information content (AvgIpc) is 2.55. The first-order chi connectivity index (χ1) is 8.62. The van der Waals surface area contributed by atoms with Crippen LogP contribution < -0.4 is 5.32 Å². The number of carbonyl (C=O) groups excluding carboxylic acids is 1. The van der Waals surface area contributed by atoms with Gasteiger partial charge in [0.05, 0.1) is 12.1 Å². The maximum atomic E-state index is 12.0. The highest BCUT2D eigenvalue weighted by molar-refractivity contribution is 5.85. The SMILES string of the molecule is Cc1n[nH]c(C)c1CC(=O)NC(C(=O)O)C(C)(C)C. The van der Waals surface area contributed by atoms with Crippen LogP contribution in [0, 0.1) is 19.3 Å². The topological polar surface area (TPSA) is 95.1 Å². The summed E-state index contributed by atoms with van der Waals surface area (Å²) in [7, 11) is 0. The summed E-state index contributed by atoms with van der Waals surface area (Å²) in [5, 5.41) is 18.5. The highest BCUT2D eigenvalue weighted by atomic mass is 16.4. The van der Waals surface area contributed by atoms with E-state index in [0.29, 0.717) is 0 Å². The van der Waals surface area contributed by atoms with Crippen LogP contribution >= 0.6 is 0 Å². The molecule has 0 saturated carbocycles. The van der Waals surface area contributed by atoms with Crippen LogP contribution in [-0.2, 0) is 16.0 Å². The summed E-state index contributed by atoms with van der Waals surface area (Å²) in [6, 6.07) is -0.910. The van der Waals surface area contributed by atoms with Gasteiger partial charge in [-0.2, -0.15) is 5.10 Å². The summed E-state index contributed by atoms with van der Waals surface area (Å²) in [6.45, 7) is 8.98. The third kappa shape index (κ3) is 3.81. The molecule has 106 valence electrons. The lowest BCUT2D eigenvalue weighted by Gasteiger charge is -2.27. The Kier molecular flexibility index (Phi) is 4.34. The molecule has 6 heteroatoms. The fourth-order valence-electron chi connectivity index (χ4n) is 1.86. The fourth-order valence-corrected chi connectivity index (χ4v) is 1.86. The van der Waals surface area contributed by atoms with Crippen LogP contribution in [0.1, 0.15) is 37.7 Å². The Hall–Kier alpha value is -1.85. The molecule has 1 heterocycles. The molecule has 0 radical (unpaired) electrons. The summed E-state index contributed by atoms with van der Waals surface area (Å²) in [5.74, 6) is -1.34. The predicted octanol–water partition coefficient (Wildman–Crippen LogP) is 1.18. The molecule has 1 rings (SSSR count). The van der Waals surface area contributed by atoms with Crippen molar-refractivity contribution >= 4 is 11.9 Å². The third-order valence-corrected chi connectivity index (χ3v) is 3.04. The fraction of sp³-hybridized carbons (Fsp3) is 0.615. The predicted molar refractivity (Wildman–Crippen MR) is 70.8 cm³/mol. The Labute approximate surface area is 112 Å². The summed E-state index contributed by atoms with van der Waals surface area (Å²) in [6.07, 6.45) is 0.133. The lowest BCUT2D eigenvalue weighted by atomic mass is 9.86. The molecule has 0 aliphatic heterocycles. The molecule has 0 fully saturated rings. The Balaban J connectivity index is 2.77. The minimum Gasteiger partial charge on any atom is -0.480 e. The number of hydrogen-bond acceptors (Lipinski definition) is 3. The van der Waals surface area contributed by atoms with Gasteiger partial charge in [0.15, 0.2) is 0 Å². The zero-order chi connectivity index (χ0) is 14.8. The standard InChI is InChI=1S/C13H21N3O3/c1-7-9(8(2)16-15-7)6-10(17)14-11(12(18)19)13(3,4)5/h11H,6H2,1-5H3,(H,14,17)(H,15,16)(H,18,19). The van der Waals surface area contributed by atoms with E-state index in [2.05, 4.69) is 15.5 Å². The largest absolute Gasteiger partial charge is 0.480 e. The summed E-state index contributed by atoms with van der Waals surface area (Å²) < 4.78 is 0. The molecular formula is C13H21N3O3. The molecule has 19 heavy (non-hydrogen) atoms. The molecule has 0 saturated heterocycles. The Morgan fingerprint density at radius 2 is 1.95 bits per heavy atom. The molecule has 0 bridgehead atoms. The number of aryl methyl sites for hydroxylation is 2. The lowest BCUT2D eigenvalue weighted by molar-refractivity contribution is -0.144.